The Morgan fingerprint density at radius 1 is 1.47 bits per heavy atom. The van der Waals surface area contributed by atoms with Crippen molar-refractivity contribution in [3.8, 4) is 0 Å². The first kappa shape index (κ1) is 13.5. The summed E-state index contributed by atoms with van der Waals surface area (Å²) in [5.74, 6) is 0. The van der Waals surface area contributed by atoms with E-state index in [0.29, 0.717) is 6.04 Å². The first-order valence-corrected chi connectivity index (χ1v) is 7.49. The zero-order valence-corrected chi connectivity index (χ0v) is 12.3. The molecule has 0 saturated carbocycles. The van der Waals surface area contributed by atoms with Crippen molar-refractivity contribution in [2.75, 3.05) is 11.9 Å². The van der Waals surface area contributed by atoms with Crippen LogP contribution in [0.5, 0.6) is 0 Å². The van der Waals surface area contributed by atoms with Crippen molar-refractivity contribution in [1.29, 1.82) is 0 Å². The quantitative estimate of drug-likeness (QED) is 0.704. The number of rotatable bonds is 6. The minimum atomic E-state index is 0.588. The molecular weight excluding hydrogens is 294 g/mol. The van der Waals surface area contributed by atoms with Crippen molar-refractivity contribution in [1.82, 2.24) is 4.90 Å². The van der Waals surface area contributed by atoms with E-state index in [1.54, 1.807) is 11.3 Å². The predicted molar refractivity (Wildman–Crippen MR) is 73.3 cm³/mol. The minimum absolute atomic E-state index is 0.588. The van der Waals surface area contributed by atoms with Crippen LogP contribution in [0.3, 0.4) is 0 Å². The number of nitrogens with zero attached hydrogens (tertiary/aromatic N) is 1. The molecule has 1 heterocycles. The smallest absolute Gasteiger partial charge is 0.0931 e. The van der Waals surface area contributed by atoms with Gasteiger partial charge in [-0.3, -0.25) is 4.90 Å². The molecule has 0 bridgehead atoms. The Bertz CT molecular complexity index is 288. The van der Waals surface area contributed by atoms with Crippen LogP contribution in [0.1, 0.15) is 25.1 Å². The Kier molecular flexibility index (Phi) is 6.20. The van der Waals surface area contributed by atoms with Gasteiger partial charge in [0.15, 0.2) is 0 Å². The maximum atomic E-state index is 5.92. The molecule has 0 N–H and O–H groups in total. The van der Waals surface area contributed by atoms with Gasteiger partial charge in [-0.1, -0.05) is 27.5 Å². The molecule has 15 heavy (non-hydrogen) atoms. The van der Waals surface area contributed by atoms with Crippen molar-refractivity contribution in [3.05, 3.63) is 21.3 Å². The molecule has 0 spiro atoms. The van der Waals surface area contributed by atoms with E-state index in [-0.39, 0.29) is 0 Å². The van der Waals surface area contributed by atoms with E-state index in [0.717, 1.165) is 22.8 Å². The second kappa shape index (κ2) is 6.89. The Morgan fingerprint density at radius 3 is 2.67 bits per heavy atom. The normalized spacial score (nSPS) is 11.6. The van der Waals surface area contributed by atoms with Gasteiger partial charge in [0.1, 0.15) is 0 Å². The van der Waals surface area contributed by atoms with Crippen LogP contribution in [-0.4, -0.2) is 22.8 Å². The minimum Gasteiger partial charge on any atom is -0.296 e. The lowest BCUT2D eigenvalue weighted by Crippen LogP contribution is -2.31. The first-order valence-electron chi connectivity index (χ1n) is 5.17. The summed E-state index contributed by atoms with van der Waals surface area (Å²) in [7, 11) is 0. The molecule has 1 aromatic heterocycles. The van der Waals surface area contributed by atoms with Crippen LogP contribution < -0.4 is 0 Å². The Morgan fingerprint density at radius 2 is 2.20 bits per heavy atom. The van der Waals surface area contributed by atoms with Crippen LogP contribution >= 0.6 is 38.9 Å². The standard InChI is InChI=1S/C11H17BrClNS/c1-9(2)14(7-3-6-12)8-10-4-5-11(13)15-10/h4-5,9H,3,6-8H2,1-2H3. The average Bonchev–Trinajstić information content (AvgIpc) is 2.58. The fourth-order valence-corrected chi connectivity index (χ4v) is 2.78. The van der Waals surface area contributed by atoms with Crippen LogP contribution in [0.2, 0.25) is 4.34 Å². The number of halogens is 2. The molecule has 0 amide bonds. The summed E-state index contributed by atoms with van der Waals surface area (Å²) in [5.41, 5.74) is 0. The summed E-state index contributed by atoms with van der Waals surface area (Å²) in [6.07, 6.45) is 1.19. The van der Waals surface area contributed by atoms with Gasteiger partial charge >= 0.3 is 0 Å². The number of hydrogen-bond acceptors (Lipinski definition) is 2. The number of thiophene rings is 1. The van der Waals surface area contributed by atoms with E-state index in [1.807, 2.05) is 6.07 Å². The molecule has 1 rings (SSSR count). The summed E-state index contributed by atoms with van der Waals surface area (Å²) in [5, 5.41) is 1.07. The Labute approximate surface area is 110 Å². The summed E-state index contributed by atoms with van der Waals surface area (Å²) in [4.78, 5) is 3.83. The molecule has 0 unspecified atom stereocenters. The molecule has 86 valence electrons. The molecule has 0 fully saturated rings. The zero-order chi connectivity index (χ0) is 11.3. The number of alkyl halides is 1. The third-order valence-corrected chi connectivity index (χ3v) is 4.07. The van der Waals surface area contributed by atoms with Crippen molar-refractivity contribution >= 4 is 38.9 Å². The van der Waals surface area contributed by atoms with Crippen molar-refractivity contribution in [2.45, 2.75) is 32.9 Å². The van der Waals surface area contributed by atoms with Gasteiger partial charge in [-0.2, -0.15) is 0 Å². The van der Waals surface area contributed by atoms with Crippen LogP contribution in [0, 0.1) is 0 Å². The first-order chi connectivity index (χ1) is 7.13. The summed E-state index contributed by atoms with van der Waals surface area (Å²) >= 11 is 11.1. The van der Waals surface area contributed by atoms with Crippen molar-refractivity contribution < 1.29 is 0 Å². The van der Waals surface area contributed by atoms with E-state index in [9.17, 15) is 0 Å². The molecule has 0 aliphatic carbocycles. The van der Waals surface area contributed by atoms with Gasteiger partial charge in [0, 0.05) is 22.8 Å². The summed E-state index contributed by atoms with van der Waals surface area (Å²) in [6, 6.07) is 4.69. The largest absolute Gasteiger partial charge is 0.296 e. The molecule has 0 atom stereocenters. The summed E-state index contributed by atoms with van der Waals surface area (Å²) < 4.78 is 0.884. The molecule has 1 nitrogen and oxygen atoms in total. The third kappa shape index (κ3) is 4.85. The van der Waals surface area contributed by atoms with Gasteiger partial charge in [0.2, 0.25) is 0 Å². The predicted octanol–water partition coefficient (Wildman–Crippen LogP) is 4.40. The molecule has 0 aromatic carbocycles. The van der Waals surface area contributed by atoms with Crippen LogP contribution in [0.15, 0.2) is 12.1 Å². The third-order valence-electron chi connectivity index (χ3n) is 2.30. The second-order valence-corrected chi connectivity index (χ2v) is 6.41. The van der Waals surface area contributed by atoms with Gasteiger partial charge in [0.05, 0.1) is 4.34 Å². The topological polar surface area (TPSA) is 3.24 Å². The lowest BCUT2D eigenvalue weighted by Gasteiger charge is -2.25. The Hall–Kier alpha value is 0.430. The fourth-order valence-electron chi connectivity index (χ4n) is 1.42. The molecule has 1 aromatic rings. The van der Waals surface area contributed by atoms with Crippen molar-refractivity contribution in [2.24, 2.45) is 0 Å². The van der Waals surface area contributed by atoms with E-state index < -0.39 is 0 Å². The van der Waals surface area contributed by atoms with Gasteiger partial charge in [0.25, 0.3) is 0 Å². The van der Waals surface area contributed by atoms with Gasteiger partial charge in [-0.25, -0.2) is 0 Å². The molecule has 0 radical (unpaired) electrons. The molecular formula is C11H17BrClNS. The van der Waals surface area contributed by atoms with E-state index in [1.165, 1.54) is 11.3 Å². The average molecular weight is 311 g/mol. The molecule has 0 aliphatic heterocycles. The lowest BCUT2D eigenvalue weighted by atomic mass is 10.3. The lowest BCUT2D eigenvalue weighted by molar-refractivity contribution is 0.216. The second-order valence-electron chi connectivity index (χ2n) is 3.81. The van der Waals surface area contributed by atoms with E-state index in [4.69, 9.17) is 11.6 Å². The van der Waals surface area contributed by atoms with Gasteiger partial charge in [-0.05, 0) is 38.9 Å². The van der Waals surface area contributed by atoms with Gasteiger partial charge < -0.3 is 0 Å². The van der Waals surface area contributed by atoms with Gasteiger partial charge in [-0.15, -0.1) is 11.3 Å². The highest BCUT2D eigenvalue weighted by molar-refractivity contribution is 9.09. The highest BCUT2D eigenvalue weighted by Crippen LogP contribution is 2.23. The fraction of sp³-hybridized carbons (Fsp3) is 0.636. The van der Waals surface area contributed by atoms with Crippen molar-refractivity contribution in [3.63, 3.8) is 0 Å². The molecule has 4 heteroatoms. The highest BCUT2D eigenvalue weighted by Gasteiger charge is 2.10. The van der Waals surface area contributed by atoms with Crippen LogP contribution in [0.4, 0.5) is 0 Å². The van der Waals surface area contributed by atoms with E-state index in [2.05, 4.69) is 40.7 Å². The van der Waals surface area contributed by atoms with Crippen LogP contribution in [0.25, 0.3) is 0 Å². The highest BCUT2D eigenvalue weighted by atomic mass is 79.9. The summed E-state index contributed by atoms with van der Waals surface area (Å²) in [6.45, 7) is 6.63. The molecule has 0 saturated heterocycles. The van der Waals surface area contributed by atoms with E-state index >= 15 is 0 Å². The molecule has 0 aliphatic rings. The van der Waals surface area contributed by atoms with Crippen LogP contribution in [-0.2, 0) is 6.54 Å². The maximum Gasteiger partial charge on any atom is 0.0931 e. The number of hydrogen-bond donors (Lipinski definition) is 0. The monoisotopic (exact) mass is 309 g/mol. The SMILES string of the molecule is CC(C)N(CCCBr)Cc1ccc(Cl)s1. The Balaban J connectivity index is 2.50. The zero-order valence-electron chi connectivity index (χ0n) is 9.17. The maximum absolute atomic E-state index is 5.92.